The van der Waals surface area contributed by atoms with Gasteiger partial charge in [0.1, 0.15) is 41.1 Å². The van der Waals surface area contributed by atoms with Gasteiger partial charge in [-0.15, -0.1) is 0 Å². The molecule has 0 spiro atoms. The lowest BCUT2D eigenvalue weighted by molar-refractivity contribution is -0.0387. The van der Waals surface area contributed by atoms with Gasteiger partial charge in [-0.05, 0) is 17.7 Å². The van der Waals surface area contributed by atoms with Gasteiger partial charge in [0.25, 0.3) is 0 Å². The molecular weight excluding hydrogens is 711 g/mol. The Bertz CT molecular complexity index is 1910. The van der Waals surface area contributed by atoms with E-state index in [9.17, 15) is 19.1 Å². The summed E-state index contributed by atoms with van der Waals surface area (Å²) in [4.78, 5) is 52.0. The second-order valence-electron chi connectivity index (χ2n) is 10.6. The molecule has 6 heterocycles. The van der Waals surface area contributed by atoms with Crippen LogP contribution in [-0.4, -0.2) is 82.0 Å². The van der Waals surface area contributed by atoms with E-state index >= 15 is 4.39 Å². The minimum Gasteiger partial charge on any atom is -0.382 e. The van der Waals surface area contributed by atoms with Crippen molar-refractivity contribution in [2.24, 2.45) is 11.8 Å². The van der Waals surface area contributed by atoms with Crippen molar-refractivity contribution in [1.29, 1.82) is 0 Å². The van der Waals surface area contributed by atoms with E-state index in [0.717, 1.165) is 11.3 Å². The first-order valence-corrected chi connectivity index (χ1v) is 19.7. The van der Waals surface area contributed by atoms with Crippen LogP contribution in [0.25, 0.3) is 21.5 Å². The topological polar surface area (TPSA) is 247 Å². The molecule has 8 atom stereocenters. The maximum atomic E-state index is 15.0. The number of hydrogen-bond acceptors (Lipinski definition) is 16. The van der Waals surface area contributed by atoms with Gasteiger partial charge in [-0.25, -0.2) is 33.9 Å². The van der Waals surface area contributed by atoms with E-state index < -0.39 is 61.1 Å². The standard InChI is InChI=1S/C22H28FN9O9P2S3/c1-9-11(20(41-13(9)5-37-42(34,35)44)32-19-15(46-22(32)33)17(25)27-7-29-19)4-39-43(36,45)38-3-10-2-12(23)21(40-10)31-8-30-14-16(24)26-6-28-18(14)31/h6-13,20-21H,2-5H2,1H3,(H,36,45)(H2,24,26,28)(H2,25,27,29)(H2,34,35,44)/t9?,10-,11+,12+,13?,20+,21+,43?/m0/s1. The van der Waals surface area contributed by atoms with E-state index in [4.69, 9.17) is 34.5 Å². The molecule has 4 aromatic heterocycles. The van der Waals surface area contributed by atoms with Crippen LogP contribution in [0.5, 0.6) is 0 Å². The third kappa shape index (κ3) is 6.85. The maximum Gasteiger partial charge on any atom is 0.386 e. The van der Waals surface area contributed by atoms with Gasteiger partial charge in [0, 0.05) is 12.3 Å². The summed E-state index contributed by atoms with van der Waals surface area (Å²) in [6.45, 7) is -7.26. The van der Waals surface area contributed by atoms with Crippen LogP contribution in [0.15, 0.2) is 23.8 Å². The summed E-state index contributed by atoms with van der Waals surface area (Å²) in [6.07, 6.45) is -1.49. The number of fused-ring (bicyclic) bond motifs is 2. The van der Waals surface area contributed by atoms with E-state index in [2.05, 4.69) is 49.0 Å². The van der Waals surface area contributed by atoms with Gasteiger partial charge in [-0.1, -0.05) is 30.5 Å². The Morgan fingerprint density at radius 1 is 1.07 bits per heavy atom. The number of thiazole rings is 1. The molecule has 46 heavy (non-hydrogen) atoms. The average molecular weight is 740 g/mol. The van der Waals surface area contributed by atoms with Crippen LogP contribution in [0.1, 0.15) is 25.8 Å². The van der Waals surface area contributed by atoms with Crippen molar-refractivity contribution < 1.29 is 41.8 Å². The second-order valence-corrected chi connectivity index (χ2v) is 17.1. The molecule has 0 amide bonds. The largest absolute Gasteiger partial charge is 0.386 e. The van der Waals surface area contributed by atoms with Crippen LogP contribution in [0.4, 0.5) is 16.0 Å². The third-order valence-corrected chi connectivity index (χ3v) is 11.1. The molecule has 18 nitrogen and oxygen atoms in total. The molecule has 0 saturated carbocycles. The molecule has 6 N–H and O–H groups in total. The fourth-order valence-electron chi connectivity index (χ4n) is 5.39. The quantitative estimate of drug-likeness (QED) is 0.109. The molecule has 0 aromatic carbocycles. The number of hydrogen-bond donors (Lipinski definition) is 5. The van der Waals surface area contributed by atoms with Gasteiger partial charge in [0.05, 0.1) is 38.4 Å². The first kappa shape index (κ1) is 33.7. The summed E-state index contributed by atoms with van der Waals surface area (Å²) in [5.74, 6) is -0.898. The van der Waals surface area contributed by atoms with Gasteiger partial charge >= 0.3 is 18.4 Å². The minimum absolute atomic E-state index is 0.0855. The number of nitrogens with two attached hydrogens (primary N) is 2. The zero-order chi connectivity index (χ0) is 33.0. The Balaban J connectivity index is 1.14. The van der Waals surface area contributed by atoms with E-state index in [-0.39, 0.29) is 43.5 Å². The van der Waals surface area contributed by atoms with Gasteiger partial charge in [0.2, 0.25) is 0 Å². The van der Waals surface area contributed by atoms with Crippen molar-refractivity contribution in [3.63, 3.8) is 0 Å². The number of anilines is 2. The Hall–Kier alpha value is -2.20. The van der Waals surface area contributed by atoms with Crippen molar-refractivity contribution in [3.05, 3.63) is 28.6 Å². The second kappa shape index (κ2) is 13.0. The molecule has 4 aromatic rings. The van der Waals surface area contributed by atoms with E-state index in [0.29, 0.717) is 15.9 Å². The summed E-state index contributed by atoms with van der Waals surface area (Å²) in [5.41, 5.74) is 12.6. The van der Waals surface area contributed by atoms with Gasteiger partial charge in [-0.2, -0.15) is 0 Å². The number of aromatic nitrogens is 7. The van der Waals surface area contributed by atoms with Crippen molar-refractivity contribution in [3.8, 4) is 0 Å². The Morgan fingerprint density at radius 2 is 1.76 bits per heavy atom. The van der Waals surface area contributed by atoms with Crippen molar-refractivity contribution >= 4 is 82.1 Å². The Kier molecular flexibility index (Phi) is 9.53. The highest BCUT2D eigenvalue weighted by molar-refractivity contribution is 8.44. The SMILES string of the molecule is CC1C(COP(O)(O)=S)O[C@@H](n2c(=O)sc3c(N)ncnc32)[C@@H]1COP(=O)(S)OC[C@@H]1C[C@@H](F)[C@H](n2cnc3c(N)ncnc32)O1. The highest BCUT2D eigenvalue weighted by Gasteiger charge is 2.46. The lowest BCUT2D eigenvalue weighted by atomic mass is 9.92. The number of imidazole rings is 1. The molecule has 0 aliphatic carbocycles. The number of rotatable bonds is 11. The van der Waals surface area contributed by atoms with Crippen LogP contribution in [0.3, 0.4) is 0 Å². The first-order valence-electron chi connectivity index (χ1n) is 13.5. The number of alkyl halides is 1. The molecule has 2 fully saturated rings. The Labute approximate surface area is 273 Å². The third-order valence-electron chi connectivity index (χ3n) is 7.67. The predicted octanol–water partition coefficient (Wildman–Crippen LogP) is 1.93. The van der Waals surface area contributed by atoms with E-state index in [1.54, 1.807) is 6.92 Å². The lowest BCUT2D eigenvalue weighted by Crippen LogP contribution is -2.28. The summed E-state index contributed by atoms with van der Waals surface area (Å²) in [5, 5.41) is 0. The van der Waals surface area contributed by atoms with Crippen molar-refractivity contribution in [2.45, 2.75) is 44.2 Å². The smallest absolute Gasteiger partial charge is 0.382 e. The normalized spacial score (nSPS) is 28.3. The van der Waals surface area contributed by atoms with E-state index in [1.165, 1.54) is 28.1 Å². The molecule has 6 rings (SSSR count). The zero-order valence-corrected chi connectivity index (χ0v) is 28.0. The van der Waals surface area contributed by atoms with Gasteiger partial charge < -0.3 is 39.8 Å². The fraction of sp³-hybridized carbons (Fsp3) is 0.545. The molecule has 0 radical (unpaired) electrons. The predicted molar refractivity (Wildman–Crippen MR) is 169 cm³/mol. The number of nitrogen functional groups attached to an aromatic ring is 2. The van der Waals surface area contributed by atoms with Crippen LogP contribution in [0, 0.1) is 11.8 Å². The van der Waals surface area contributed by atoms with Crippen molar-refractivity contribution in [1.82, 2.24) is 34.1 Å². The average Bonchev–Trinajstić information content (AvgIpc) is 3.73. The number of thiol groups is 1. The van der Waals surface area contributed by atoms with Crippen LogP contribution < -0.4 is 16.3 Å². The Morgan fingerprint density at radius 3 is 2.50 bits per heavy atom. The van der Waals surface area contributed by atoms with E-state index in [1.807, 2.05) is 0 Å². The monoisotopic (exact) mass is 739 g/mol. The molecular formula is C22H28FN9O9P2S3. The summed E-state index contributed by atoms with van der Waals surface area (Å²) in [6, 6.07) is 0. The van der Waals surface area contributed by atoms with Gasteiger partial charge in [0.15, 0.2) is 23.3 Å². The van der Waals surface area contributed by atoms with Crippen molar-refractivity contribution in [2.75, 3.05) is 31.3 Å². The number of ether oxygens (including phenoxy) is 2. The van der Waals surface area contributed by atoms with Crippen LogP contribution in [-0.2, 0) is 39.4 Å². The van der Waals surface area contributed by atoms with Crippen LogP contribution in [0.2, 0.25) is 0 Å². The molecule has 250 valence electrons. The maximum absolute atomic E-state index is 15.0. The molecule has 0 bridgehead atoms. The fourth-order valence-corrected chi connectivity index (χ4v) is 7.96. The first-order chi connectivity index (χ1) is 21.7. The summed E-state index contributed by atoms with van der Waals surface area (Å²) in [7, 11) is 0. The molecule has 2 aliphatic rings. The molecule has 2 aliphatic heterocycles. The molecule has 2 saturated heterocycles. The summed E-state index contributed by atoms with van der Waals surface area (Å²) >= 11 is 9.47. The minimum atomic E-state index is -4.07. The number of halogens is 1. The lowest BCUT2D eigenvalue weighted by Gasteiger charge is -2.24. The van der Waals surface area contributed by atoms with Crippen LogP contribution >= 0.6 is 37.1 Å². The zero-order valence-electron chi connectivity index (χ0n) is 23.7. The summed E-state index contributed by atoms with van der Waals surface area (Å²) < 4.78 is 59.4. The number of nitrogens with zero attached hydrogens (tertiary/aromatic N) is 7. The molecule has 24 heteroatoms. The highest BCUT2D eigenvalue weighted by Crippen LogP contribution is 2.55. The highest BCUT2D eigenvalue weighted by atomic mass is 32.7. The molecule has 3 unspecified atom stereocenters. The van der Waals surface area contributed by atoms with Gasteiger partial charge in [-0.3, -0.25) is 18.5 Å².